The number of hydrogen-bond donors (Lipinski definition) is 1. The summed E-state index contributed by atoms with van der Waals surface area (Å²) in [4.78, 5) is 0. The smallest absolute Gasteiger partial charge is 0.121 e. The second-order valence-electron chi connectivity index (χ2n) is 4.48. The van der Waals surface area contributed by atoms with Gasteiger partial charge in [-0.1, -0.05) is 53.6 Å². The highest BCUT2D eigenvalue weighted by Gasteiger charge is 2.09. The molecule has 0 bridgehead atoms. The Morgan fingerprint density at radius 3 is 2.32 bits per heavy atom. The lowest BCUT2D eigenvalue weighted by Gasteiger charge is -2.12. The van der Waals surface area contributed by atoms with Crippen LogP contribution in [0.5, 0.6) is 0 Å². The van der Waals surface area contributed by atoms with E-state index in [9.17, 15) is 5.26 Å². The fourth-order valence-electron chi connectivity index (χ4n) is 1.82. The zero-order chi connectivity index (χ0) is 13.7. The number of nitriles is 1. The Balaban J connectivity index is 2.02. The minimum absolute atomic E-state index is 0.321. The normalized spacial score (nSPS) is 11.8. The van der Waals surface area contributed by atoms with Crippen molar-refractivity contribution in [3.8, 4) is 6.07 Å². The summed E-state index contributed by atoms with van der Waals surface area (Å²) in [6.07, 6.45) is 0. The van der Waals surface area contributed by atoms with Crippen molar-refractivity contribution >= 4 is 11.6 Å². The quantitative estimate of drug-likeness (QED) is 0.911. The first-order chi connectivity index (χ1) is 9.19. The zero-order valence-electron chi connectivity index (χ0n) is 10.7. The largest absolute Gasteiger partial charge is 0.294 e. The van der Waals surface area contributed by atoms with Crippen molar-refractivity contribution in [2.45, 2.75) is 19.5 Å². The average molecular weight is 271 g/mol. The van der Waals surface area contributed by atoms with Crippen molar-refractivity contribution in [1.29, 1.82) is 5.26 Å². The molecule has 1 unspecified atom stereocenters. The van der Waals surface area contributed by atoms with Crippen LogP contribution in [0.2, 0.25) is 5.02 Å². The van der Waals surface area contributed by atoms with Gasteiger partial charge in [0.15, 0.2) is 0 Å². The molecule has 19 heavy (non-hydrogen) atoms. The molecule has 0 aliphatic carbocycles. The molecule has 0 saturated heterocycles. The fraction of sp³-hybridized carbons (Fsp3) is 0.188. The Hall–Kier alpha value is -1.82. The van der Waals surface area contributed by atoms with Gasteiger partial charge in [0.05, 0.1) is 6.07 Å². The van der Waals surface area contributed by atoms with Crippen LogP contribution in [0, 0.1) is 18.3 Å². The molecule has 96 valence electrons. The lowest BCUT2D eigenvalue weighted by molar-refractivity contribution is 0.630. The number of hydrogen-bond acceptors (Lipinski definition) is 2. The van der Waals surface area contributed by atoms with E-state index in [0.29, 0.717) is 11.6 Å². The summed E-state index contributed by atoms with van der Waals surface area (Å²) >= 11 is 5.84. The third-order valence-corrected chi connectivity index (χ3v) is 3.22. The molecule has 0 aliphatic heterocycles. The molecule has 0 aromatic heterocycles. The van der Waals surface area contributed by atoms with Crippen molar-refractivity contribution in [2.24, 2.45) is 0 Å². The molecule has 0 aliphatic rings. The maximum absolute atomic E-state index is 9.23. The van der Waals surface area contributed by atoms with Crippen LogP contribution in [-0.2, 0) is 6.54 Å². The Morgan fingerprint density at radius 2 is 1.74 bits per heavy atom. The second kappa shape index (κ2) is 6.38. The third kappa shape index (κ3) is 3.82. The Kier molecular flexibility index (Phi) is 4.57. The van der Waals surface area contributed by atoms with Gasteiger partial charge in [0.25, 0.3) is 0 Å². The van der Waals surface area contributed by atoms with Gasteiger partial charge in [0, 0.05) is 11.6 Å². The Morgan fingerprint density at radius 1 is 1.11 bits per heavy atom. The zero-order valence-corrected chi connectivity index (χ0v) is 11.5. The van der Waals surface area contributed by atoms with Crippen molar-refractivity contribution in [1.82, 2.24) is 5.32 Å². The van der Waals surface area contributed by atoms with Crippen LogP contribution in [-0.4, -0.2) is 0 Å². The lowest BCUT2D eigenvalue weighted by Crippen LogP contribution is -2.19. The highest BCUT2D eigenvalue weighted by atomic mass is 35.5. The summed E-state index contributed by atoms with van der Waals surface area (Å²) in [7, 11) is 0. The molecule has 0 amide bonds. The number of aryl methyl sites for hydroxylation is 1. The Bertz CT molecular complexity index is 567. The van der Waals surface area contributed by atoms with E-state index in [1.165, 1.54) is 11.1 Å². The van der Waals surface area contributed by atoms with Gasteiger partial charge in [0.1, 0.15) is 6.04 Å². The number of halogens is 1. The molecule has 0 radical (unpaired) electrons. The third-order valence-electron chi connectivity index (χ3n) is 2.96. The van der Waals surface area contributed by atoms with E-state index in [2.05, 4.69) is 42.6 Å². The number of nitrogens with zero attached hydrogens (tertiary/aromatic N) is 1. The van der Waals surface area contributed by atoms with Crippen molar-refractivity contribution in [3.05, 3.63) is 70.2 Å². The van der Waals surface area contributed by atoms with Crippen molar-refractivity contribution < 1.29 is 0 Å². The Labute approximate surface area is 118 Å². The molecule has 0 fully saturated rings. The lowest BCUT2D eigenvalue weighted by atomic mass is 10.1. The first-order valence-electron chi connectivity index (χ1n) is 6.13. The molecular formula is C16H15ClN2. The van der Waals surface area contributed by atoms with E-state index in [0.717, 1.165) is 5.56 Å². The summed E-state index contributed by atoms with van der Waals surface area (Å²) in [5.41, 5.74) is 3.33. The average Bonchev–Trinajstić information content (AvgIpc) is 2.43. The van der Waals surface area contributed by atoms with Crippen LogP contribution in [0.25, 0.3) is 0 Å². The van der Waals surface area contributed by atoms with Crippen LogP contribution in [0.4, 0.5) is 0 Å². The van der Waals surface area contributed by atoms with E-state index >= 15 is 0 Å². The van der Waals surface area contributed by atoms with Gasteiger partial charge in [-0.25, -0.2) is 0 Å². The summed E-state index contributed by atoms with van der Waals surface area (Å²) in [6.45, 7) is 2.73. The van der Waals surface area contributed by atoms with Crippen LogP contribution < -0.4 is 5.32 Å². The van der Waals surface area contributed by atoms with Gasteiger partial charge in [-0.2, -0.15) is 5.26 Å². The summed E-state index contributed by atoms with van der Waals surface area (Å²) < 4.78 is 0. The van der Waals surface area contributed by atoms with Crippen molar-refractivity contribution in [3.63, 3.8) is 0 Å². The van der Waals surface area contributed by atoms with Gasteiger partial charge < -0.3 is 0 Å². The summed E-state index contributed by atoms with van der Waals surface area (Å²) in [5.74, 6) is 0. The molecule has 1 atom stereocenters. The molecule has 1 N–H and O–H groups in total. The standard InChI is InChI=1S/C16H15ClN2/c1-12-2-4-13(5-3-12)11-19-16(10-18)14-6-8-15(17)9-7-14/h2-9,16,19H,11H2,1H3. The molecule has 2 rings (SSSR count). The molecule has 2 aromatic carbocycles. The number of nitrogens with one attached hydrogen (secondary N) is 1. The molecular weight excluding hydrogens is 256 g/mol. The van der Waals surface area contributed by atoms with E-state index in [1.54, 1.807) is 12.1 Å². The molecule has 3 heteroatoms. The van der Waals surface area contributed by atoms with Gasteiger partial charge in [-0.3, -0.25) is 5.32 Å². The molecule has 0 spiro atoms. The van der Waals surface area contributed by atoms with Crippen LogP contribution in [0.3, 0.4) is 0 Å². The van der Waals surface area contributed by atoms with Gasteiger partial charge >= 0.3 is 0 Å². The number of benzene rings is 2. The van der Waals surface area contributed by atoms with E-state index in [1.807, 2.05) is 12.1 Å². The summed E-state index contributed by atoms with van der Waals surface area (Å²) in [6, 6.07) is 17.6. The van der Waals surface area contributed by atoms with E-state index < -0.39 is 0 Å². The highest BCUT2D eigenvalue weighted by Crippen LogP contribution is 2.16. The molecule has 2 aromatic rings. The maximum Gasteiger partial charge on any atom is 0.121 e. The van der Waals surface area contributed by atoms with E-state index in [-0.39, 0.29) is 6.04 Å². The van der Waals surface area contributed by atoms with Gasteiger partial charge in [-0.15, -0.1) is 0 Å². The van der Waals surface area contributed by atoms with Crippen molar-refractivity contribution in [2.75, 3.05) is 0 Å². The first kappa shape index (κ1) is 13.6. The minimum Gasteiger partial charge on any atom is -0.294 e. The highest BCUT2D eigenvalue weighted by molar-refractivity contribution is 6.30. The number of rotatable bonds is 4. The molecule has 0 heterocycles. The van der Waals surface area contributed by atoms with E-state index in [4.69, 9.17) is 11.6 Å². The fourth-order valence-corrected chi connectivity index (χ4v) is 1.95. The van der Waals surface area contributed by atoms with Crippen LogP contribution in [0.15, 0.2) is 48.5 Å². The monoisotopic (exact) mass is 270 g/mol. The second-order valence-corrected chi connectivity index (χ2v) is 4.92. The SMILES string of the molecule is Cc1ccc(CNC(C#N)c2ccc(Cl)cc2)cc1. The predicted octanol–water partition coefficient (Wildman–Crippen LogP) is 4.00. The van der Waals surface area contributed by atoms with Crippen LogP contribution >= 0.6 is 11.6 Å². The molecule has 2 nitrogen and oxygen atoms in total. The summed E-state index contributed by atoms with van der Waals surface area (Å²) in [5, 5.41) is 13.1. The molecule has 0 saturated carbocycles. The van der Waals surface area contributed by atoms with Gasteiger partial charge in [-0.05, 0) is 30.2 Å². The first-order valence-corrected chi connectivity index (χ1v) is 6.51. The topological polar surface area (TPSA) is 35.8 Å². The van der Waals surface area contributed by atoms with Crippen LogP contribution in [0.1, 0.15) is 22.7 Å². The maximum atomic E-state index is 9.23. The van der Waals surface area contributed by atoms with Gasteiger partial charge in [0.2, 0.25) is 0 Å². The predicted molar refractivity (Wildman–Crippen MR) is 77.8 cm³/mol. The minimum atomic E-state index is -0.321.